The third kappa shape index (κ3) is 3.21. The zero-order chi connectivity index (χ0) is 15.5. The van der Waals surface area contributed by atoms with Crippen LogP contribution in [0, 0.1) is 12.3 Å². The SMILES string of the molecule is CCOC(=O)C(CC)(CN)CC1Cc2cc(C)ccc2O1. The van der Waals surface area contributed by atoms with Crippen molar-refractivity contribution in [2.75, 3.05) is 13.2 Å². The van der Waals surface area contributed by atoms with Crippen LogP contribution >= 0.6 is 0 Å². The first-order chi connectivity index (χ1) is 10.0. The molecule has 21 heavy (non-hydrogen) atoms. The lowest BCUT2D eigenvalue weighted by Gasteiger charge is -2.31. The Morgan fingerprint density at radius 1 is 1.48 bits per heavy atom. The second-order valence-corrected chi connectivity index (χ2v) is 5.82. The lowest BCUT2D eigenvalue weighted by atomic mass is 9.79. The van der Waals surface area contributed by atoms with E-state index in [2.05, 4.69) is 13.0 Å². The van der Waals surface area contributed by atoms with Crippen LogP contribution in [0.25, 0.3) is 0 Å². The maximum Gasteiger partial charge on any atom is 0.313 e. The molecule has 2 atom stereocenters. The molecule has 0 aliphatic carbocycles. The molecule has 0 saturated carbocycles. The van der Waals surface area contributed by atoms with E-state index in [1.807, 2.05) is 26.0 Å². The summed E-state index contributed by atoms with van der Waals surface area (Å²) in [4.78, 5) is 12.3. The Labute approximate surface area is 126 Å². The number of esters is 1. The van der Waals surface area contributed by atoms with Crippen LogP contribution in [-0.4, -0.2) is 25.2 Å². The van der Waals surface area contributed by atoms with Gasteiger partial charge >= 0.3 is 5.97 Å². The van der Waals surface area contributed by atoms with Gasteiger partial charge < -0.3 is 15.2 Å². The van der Waals surface area contributed by atoms with Gasteiger partial charge in [-0.3, -0.25) is 4.79 Å². The highest BCUT2D eigenvalue weighted by molar-refractivity contribution is 5.77. The van der Waals surface area contributed by atoms with Crippen LogP contribution in [0.15, 0.2) is 18.2 Å². The topological polar surface area (TPSA) is 61.5 Å². The summed E-state index contributed by atoms with van der Waals surface area (Å²) in [7, 11) is 0. The minimum atomic E-state index is -0.641. The van der Waals surface area contributed by atoms with Gasteiger partial charge in [-0.25, -0.2) is 0 Å². The highest BCUT2D eigenvalue weighted by Gasteiger charge is 2.41. The molecule has 0 spiro atoms. The van der Waals surface area contributed by atoms with Crippen molar-refractivity contribution in [2.45, 2.75) is 46.1 Å². The van der Waals surface area contributed by atoms with Crippen LogP contribution in [0.3, 0.4) is 0 Å². The Morgan fingerprint density at radius 3 is 2.86 bits per heavy atom. The zero-order valence-corrected chi connectivity index (χ0v) is 13.1. The number of benzene rings is 1. The molecule has 0 bridgehead atoms. The van der Waals surface area contributed by atoms with Gasteiger partial charge in [0.2, 0.25) is 0 Å². The van der Waals surface area contributed by atoms with Gasteiger partial charge in [0.05, 0.1) is 12.0 Å². The molecule has 1 aromatic rings. The monoisotopic (exact) mass is 291 g/mol. The number of hydrogen-bond donors (Lipinski definition) is 1. The average Bonchev–Trinajstić information content (AvgIpc) is 2.86. The standard InChI is InChI=1S/C17H25NO3/c1-4-17(11-18,16(19)20-5-2)10-14-9-13-8-12(3)6-7-15(13)21-14/h6-8,14H,4-5,9-11,18H2,1-3H3. The van der Waals surface area contributed by atoms with Crippen LogP contribution in [0.1, 0.15) is 37.8 Å². The number of rotatable bonds is 6. The third-order valence-corrected chi connectivity index (χ3v) is 4.35. The van der Waals surface area contributed by atoms with E-state index in [4.69, 9.17) is 15.2 Å². The number of aryl methyl sites for hydroxylation is 1. The van der Waals surface area contributed by atoms with Crippen molar-refractivity contribution >= 4 is 5.97 Å². The van der Waals surface area contributed by atoms with E-state index in [-0.39, 0.29) is 18.6 Å². The largest absolute Gasteiger partial charge is 0.490 e. The van der Waals surface area contributed by atoms with Gasteiger partial charge in [0, 0.05) is 19.4 Å². The third-order valence-electron chi connectivity index (χ3n) is 4.35. The molecular weight excluding hydrogens is 266 g/mol. The van der Waals surface area contributed by atoms with Crippen LogP contribution in [0.2, 0.25) is 0 Å². The smallest absolute Gasteiger partial charge is 0.313 e. The molecule has 4 heteroatoms. The molecule has 1 aliphatic heterocycles. The summed E-state index contributed by atoms with van der Waals surface area (Å²) in [6.07, 6.45) is 2.09. The molecule has 1 aliphatic rings. The normalized spacial score (nSPS) is 19.5. The second kappa shape index (κ2) is 6.48. The molecule has 4 nitrogen and oxygen atoms in total. The number of nitrogens with two attached hydrogens (primary N) is 1. The molecule has 1 aromatic carbocycles. The van der Waals surface area contributed by atoms with Crippen molar-refractivity contribution in [2.24, 2.45) is 11.1 Å². The maximum atomic E-state index is 12.3. The molecule has 116 valence electrons. The first kappa shape index (κ1) is 15.8. The molecule has 2 rings (SSSR count). The van der Waals surface area contributed by atoms with E-state index in [1.165, 1.54) is 11.1 Å². The fourth-order valence-corrected chi connectivity index (χ4v) is 2.97. The predicted octanol–water partition coefficient (Wildman–Crippen LogP) is 2.61. The molecule has 0 amide bonds. The summed E-state index contributed by atoms with van der Waals surface area (Å²) in [5, 5.41) is 0. The quantitative estimate of drug-likeness (QED) is 0.818. The molecule has 0 aromatic heterocycles. The predicted molar refractivity (Wildman–Crippen MR) is 82.3 cm³/mol. The van der Waals surface area contributed by atoms with E-state index >= 15 is 0 Å². The van der Waals surface area contributed by atoms with Crippen LogP contribution in [-0.2, 0) is 16.0 Å². The van der Waals surface area contributed by atoms with Gasteiger partial charge in [-0.05, 0) is 31.9 Å². The first-order valence-corrected chi connectivity index (χ1v) is 7.68. The lowest BCUT2D eigenvalue weighted by molar-refractivity contribution is -0.156. The van der Waals surface area contributed by atoms with Crippen molar-refractivity contribution in [1.82, 2.24) is 0 Å². The van der Waals surface area contributed by atoms with Crippen LogP contribution in [0.5, 0.6) is 5.75 Å². The number of carbonyl (C=O) groups excluding carboxylic acids is 1. The van der Waals surface area contributed by atoms with Crippen LogP contribution < -0.4 is 10.5 Å². The fourth-order valence-electron chi connectivity index (χ4n) is 2.97. The average molecular weight is 291 g/mol. The molecule has 1 heterocycles. The minimum Gasteiger partial charge on any atom is -0.490 e. The summed E-state index contributed by atoms with van der Waals surface area (Å²) >= 11 is 0. The zero-order valence-electron chi connectivity index (χ0n) is 13.1. The summed E-state index contributed by atoms with van der Waals surface area (Å²) in [6.45, 7) is 6.54. The Bertz CT molecular complexity index is 509. The maximum absolute atomic E-state index is 12.3. The molecule has 0 radical (unpaired) electrons. The molecule has 0 saturated heterocycles. The van der Waals surface area contributed by atoms with Crippen molar-refractivity contribution in [1.29, 1.82) is 0 Å². The Balaban J connectivity index is 2.11. The van der Waals surface area contributed by atoms with Gasteiger partial charge in [0.1, 0.15) is 11.9 Å². The van der Waals surface area contributed by atoms with Crippen molar-refractivity contribution in [3.8, 4) is 5.75 Å². The highest BCUT2D eigenvalue weighted by atomic mass is 16.5. The summed E-state index contributed by atoms with van der Waals surface area (Å²) in [5.74, 6) is 0.724. The van der Waals surface area contributed by atoms with Crippen LogP contribution in [0.4, 0.5) is 0 Å². The molecular formula is C17H25NO3. The summed E-state index contributed by atoms with van der Waals surface area (Å²) < 4.78 is 11.2. The Hall–Kier alpha value is -1.55. The summed E-state index contributed by atoms with van der Waals surface area (Å²) in [6, 6.07) is 6.20. The Morgan fingerprint density at radius 2 is 2.24 bits per heavy atom. The van der Waals surface area contributed by atoms with E-state index < -0.39 is 5.41 Å². The van der Waals surface area contributed by atoms with E-state index in [9.17, 15) is 4.79 Å². The van der Waals surface area contributed by atoms with Crippen molar-refractivity contribution in [3.05, 3.63) is 29.3 Å². The van der Waals surface area contributed by atoms with Gasteiger partial charge in [-0.1, -0.05) is 24.6 Å². The second-order valence-electron chi connectivity index (χ2n) is 5.82. The van der Waals surface area contributed by atoms with Gasteiger partial charge in [-0.15, -0.1) is 0 Å². The fraction of sp³-hybridized carbons (Fsp3) is 0.588. The highest BCUT2D eigenvalue weighted by Crippen LogP contribution is 2.37. The van der Waals surface area contributed by atoms with Gasteiger partial charge in [-0.2, -0.15) is 0 Å². The lowest BCUT2D eigenvalue weighted by Crippen LogP contribution is -2.43. The van der Waals surface area contributed by atoms with E-state index in [0.717, 1.165) is 12.2 Å². The molecule has 2 unspecified atom stereocenters. The van der Waals surface area contributed by atoms with E-state index in [0.29, 0.717) is 19.4 Å². The van der Waals surface area contributed by atoms with Gasteiger partial charge in [0.25, 0.3) is 0 Å². The minimum absolute atomic E-state index is 0.00490. The first-order valence-electron chi connectivity index (χ1n) is 7.68. The molecule has 2 N–H and O–H groups in total. The number of carbonyl (C=O) groups is 1. The van der Waals surface area contributed by atoms with Crippen molar-refractivity contribution < 1.29 is 14.3 Å². The Kier molecular flexibility index (Phi) is 4.88. The number of hydrogen-bond acceptors (Lipinski definition) is 4. The summed E-state index contributed by atoms with van der Waals surface area (Å²) in [5.41, 5.74) is 7.70. The van der Waals surface area contributed by atoms with Gasteiger partial charge in [0.15, 0.2) is 0 Å². The number of fused-ring (bicyclic) bond motifs is 1. The van der Waals surface area contributed by atoms with Crippen molar-refractivity contribution in [3.63, 3.8) is 0 Å². The number of ether oxygens (including phenoxy) is 2. The van der Waals surface area contributed by atoms with E-state index in [1.54, 1.807) is 0 Å². The molecule has 0 fully saturated rings.